The number of amides is 1. The summed E-state index contributed by atoms with van der Waals surface area (Å²) >= 11 is 6.10. The Morgan fingerprint density at radius 3 is 2.61 bits per heavy atom. The second-order valence-corrected chi connectivity index (χ2v) is 7.77. The van der Waals surface area contributed by atoms with Crippen LogP contribution in [0.25, 0.3) is 11.0 Å². The summed E-state index contributed by atoms with van der Waals surface area (Å²) in [6.07, 6.45) is 0.618. The van der Waals surface area contributed by atoms with Crippen LogP contribution < -0.4 is 4.90 Å². The van der Waals surface area contributed by atoms with Crippen molar-refractivity contribution in [2.75, 3.05) is 31.8 Å². The Bertz CT molecular complexity index is 1100. The van der Waals surface area contributed by atoms with Crippen LogP contribution in [0.15, 0.2) is 48.5 Å². The first kappa shape index (κ1) is 21.3. The Hall–Kier alpha value is -2.90. The highest BCUT2D eigenvalue weighted by Crippen LogP contribution is 2.41. The van der Waals surface area contributed by atoms with Crippen molar-refractivity contribution in [3.63, 3.8) is 0 Å². The number of aromatic nitrogens is 2. The summed E-state index contributed by atoms with van der Waals surface area (Å²) in [6, 6.07) is 14.3. The molecule has 1 aliphatic heterocycles. The number of esters is 1. The molecule has 31 heavy (non-hydrogen) atoms. The van der Waals surface area contributed by atoms with E-state index in [1.54, 1.807) is 31.1 Å². The Labute approximate surface area is 185 Å². The molecular weight excluding hydrogens is 418 g/mol. The van der Waals surface area contributed by atoms with Crippen LogP contribution in [-0.4, -0.2) is 48.3 Å². The van der Waals surface area contributed by atoms with Crippen molar-refractivity contribution in [2.24, 2.45) is 5.92 Å². The molecule has 8 heteroatoms. The van der Waals surface area contributed by atoms with Crippen molar-refractivity contribution >= 4 is 40.5 Å². The summed E-state index contributed by atoms with van der Waals surface area (Å²) < 4.78 is 12.5. The number of carbonyl (C=O) groups is 2. The van der Waals surface area contributed by atoms with E-state index in [2.05, 4.69) is 0 Å². The fourth-order valence-electron chi connectivity index (χ4n) is 4.09. The van der Waals surface area contributed by atoms with Crippen LogP contribution in [0.4, 0.5) is 5.95 Å². The Balaban J connectivity index is 1.93. The number of nitrogens with zero attached hydrogens (tertiary/aromatic N) is 3. The van der Waals surface area contributed by atoms with E-state index in [1.807, 2.05) is 41.0 Å². The van der Waals surface area contributed by atoms with Crippen LogP contribution in [0.3, 0.4) is 0 Å². The van der Waals surface area contributed by atoms with E-state index in [4.69, 9.17) is 26.1 Å². The normalized spacial score (nSPS) is 18.3. The molecule has 2 heterocycles. The first-order valence-corrected chi connectivity index (χ1v) is 10.6. The molecule has 0 unspecified atom stereocenters. The summed E-state index contributed by atoms with van der Waals surface area (Å²) in [5.74, 6) is -1.39. The number of hydrogen-bond acceptors (Lipinski definition) is 5. The van der Waals surface area contributed by atoms with E-state index in [0.717, 1.165) is 16.6 Å². The predicted octanol–water partition coefficient (Wildman–Crippen LogP) is 3.84. The van der Waals surface area contributed by atoms with Crippen LogP contribution in [0, 0.1) is 5.92 Å². The summed E-state index contributed by atoms with van der Waals surface area (Å²) in [5.41, 5.74) is 2.39. The van der Waals surface area contributed by atoms with Crippen molar-refractivity contribution < 1.29 is 19.1 Å². The highest BCUT2D eigenvalue weighted by Gasteiger charge is 2.47. The molecule has 1 amide bonds. The smallest absolute Gasteiger partial charge is 0.321 e. The lowest BCUT2D eigenvalue weighted by Gasteiger charge is -2.38. The van der Waals surface area contributed by atoms with Crippen LogP contribution in [0.5, 0.6) is 0 Å². The van der Waals surface area contributed by atoms with E-state index in [1.165, 1.54) is 0 Å². The molecule has 0 bridgehead atoms. The highest BCUT2D eigenvalue weighted by atomic mass is 35.5. The number of anilines is 1. The third-order valence-corrected chi connectivity index (χ3v) is 5.68. The minimum atomic E-state index is -1.03. The molecule has 1 aromatic heterocycles. The maximum absolute atomic E-state index is 13.6. The molecule has 7 nitrogen and oxygen atoms in total. The van der Waals surface area contributed by atoms with Gasteiger partial charge in [0, 0.05) is 25.3 Å². The minimum Gasteiger partial charge on any atom is -0.465 e. The quantitative estimate of drug-likeness (QED) is 0.316. The minimum absolute atomic E-state index is 0.192. The van der Waals surface area contributed by atoms with Gasteiger partial charge in [0.25, 0.3) is 0 Å². The maximum atomic E-state index is 13.6. The zero-order valence-corrected chi connectivity index (χ0v) is 18.2. The number of benzene rings is 2. The van der Waals surface area contributed by atoms with Crippen molar-refractivity contribution in [3.8, 4) is 0 Å². The van der Waals surface area contributed by atoms with Gasteiger partial charge in [-0.1, -0.05) is 35.9 Å². The van der Waals surface area contributed by atoms with Gasteiger partial charge in [0.15, 0.2) is 5.92 Å². The van der Waals surface area contributed by atoms with E-state index in [9.17, 15) is 9.59 Å². The highest BCUT2D eigenvalue weighted by molar-refractivity contribution is 6.30. The molecule has 0 aliphatic carbocycles. The van der Waals surface area contributed by atoms with Crippen LogP contribution >= 0.6 is 11.6 Å². The number of rotatable bonds is 7. The van der Waals surface area contributed by atoms with Crippen molar-refractivity contribution in [1.82, 2.24) is 9.55 Å². The van der Waals surface area contributed by atoms with Gasteiger partial charge in [-0.05, 0) is 43.2 Å². The van der Waals surface area contributed by atoms with E-state index in [0.29, 0.717) is 30.5 Å². The number of imidazole rings is 1. The average molecular weight is 442 g/mol. The van der Waals surface area contributed by atoms with Gasteiger partial charge in [0.1, 0.15) is 0 Å². The lowest BCUT2D eigenvalue weighted by molar-refractivity contribution is -0.153. The van der Waals surface area contributed by atoms with Gasteiger partial charge < -0.3 is 14.0 Å². The van der Waals surface area contributed by atoms with Gasteiger partial charge in [-0.15, -0.1) is 0 Å². The summed E-state index contributed by atoms with van der Waals surface area (Å²) in [7, 11) is 1.62. The summed E-state index contributed by atoms with van der Waals surface area (Å²) in [5, 5.41) is 0.579. The Morgan fingerprint density at radius 2 is 1.90 bits per heavy atom. The summed E-state index contributed by atoms with van der Waals surface area (Å²) in [6.45, 7) is 2.81. The Kier molecular flexibility index (Phi) is 6.25. The van der Waals surface area contributed by atoms with Crippen molar-refractivity contribution in [3.05, 3.63) is 59.1 Å². The third-order valence-electron chi connectivity index (χ3n) is 5.43. The zero-order chi connectivity index (χ0) is 22.0. The van der Waals surface area contributed by atoms with Gasteiger partial charge in [0.2, 0.25) is 11.9 Å². The fourth-order valence-corrected chi connectivity index (χ4v) is 4.21. The number of carbonyl (C=O) groups excluding carboxylic acids is 2. The molecule has 1 aliphatic rings. The van der Waals surface area contributed by atoms with E-state index in [-0.39, 0.29) is 12.5 Å². The number of para-hydroxylation sites is 2. The van der Waals surface area contributed by atoms with Gasteiger partial charge in [0.05, 0.1) is 23.7 Å². The fraction of sp³-hybridized carbons (Fsp3) is 0.348. The lowest BCUT2D eigenvalue weighted by atomic mass is 9.89. The monoisotopic (exact) mass is 441 g/mol. The molecule has 4 rings (SSSR count). The molecule has 2 aromatic carbocycles. The molecule has 2 atom stereocenters. The molecule has 0 saturated heterocycles. The van der Waals surface area contributed by atoms with Gasteiger partial charge in [-0.3, -0.25) is 14.5 Å². The SMILES string of the molecule is CCOC(=O)[C@H]1C(=O)N(CCCOC)c2nc3ccccc3n2[C@H]1c1ccc(Cl)cc1. The number of hydrogen-bond donors (Lipinski definition) is 0. The first-order valence-electron chi connectivity index (χ1n) is 10.3. The maximum Gasteiger partial charge on any atom is 0.321 e. The number of fused-ring (bicyclic) bond motifs is 3. The second-order valence-electron chi connectivity index (χ2n) is 7.33. The number of ether oxygens (including phenoxy) is 2. The predicted molar refractivity (Wildman–Crippen MR) is 118 cm³/mol. The molecule has 0 saturated carbocycles. The third kappa shape index (κ3) is 3.91. The van der Waals surface area contributed by atoms with Gasteiger partial charge in [-0.25, -0.2) is 4.98 Å². The molecule has 0 N–H and O–H groups in total. The average Bonchev–Trinajstić information content (AvgIpc) is 3.15. The van der Waals surface area contributed by atoms with E-state index >= 15 is 0 Å². The van der Waals surface area contributed by atoms with Crippen molar-refractivity contribution in [1.29, 1.82) is 0 Å². The lowest BCUT2D eigenvalue weighted by Crippen LogP contribution is -2.50. The van der Waals surface area contributed by atoms with Gasteiger partial charge >= 0.3 is 5.97 Å². The summed E-state index contributed by atoms with van der Waals surface area (Å²) in [4.78, 5) is 33.0. The number of methoxy groups -OCH3 is 1. The second kappa shape index (κ2) is 9.08. The van der Waals surface area contributed by atoms with Crippen molar-refractivity contribution in [2.45, 2.75) is 19.4 Å². The van der Waals surface area contributed by atoms with Gasteiger partial charge in [-0.2, -0.15) is 0 Å². The molecule has 0 fully saturated rings. The Morgan fingerprint density at radius 1 is 1.16 bits per heavy atom. The standard InChI is InChI=1S/C23H24ClN3O4/c1-3-31-22(29)19-20(15-9-11-16(24)12-10-15)27-18-8-5-4-7-17(18)25-23(27)26(21(19)28)13-6-14-30-2/h4-5,7-12,19-20H,3,6,13-14H2,1-2H3/t19-,20+/m1/s1. The molecular formula is C23H24ClN3O4. The van der Waals surface area contributed by atoms with E-state index < -0.39 is 17.9 Å². The van der Waals surface area contributed by atoms with Crippen LogP contribution in [0.2, 0.25) is 5.02 Å². The largest absolute Gasteiger partial charge is 0.465 e. The molecule has 162 valence electrons. The molecule has 0 radical (unpaired) electrons. The van der Waals surface area contributed by atoms with Crippen LogP contribution in [0.1, 0.15) is 24.9 Å². The number of halogens is 1. The molecule has 0 spiro atoms. The topological polar surface area (TPSA) is 73.7 Å². The first-order chi connectivity index (χ1) is 15.1. The molecule has 3 aromatic rings. The zero-order valence-electron chi connectivity index (χ0n) is 17.5. The van der Waals surface area contributed by atoms with Crippen LogP contribution in [-0.2, 0) is 19.1 Å².